The summed E-state index contributed by atoms with van der Waals surface area (Å²) >= 11 is 1.90. The minimum absolute atomic E-state index is 0.0622. The average Bonchev–Trinajstić information content (AvgIpc) is 2.73. The van der Waals surface area contributed by atoms with Crippen LogP contribution in [0.2, 0.25) is 0 Å². The zero-order chi connectivity index (χ0) is 22.5. The number of carbonyl (C=O) groups excluding carboxylic acids is 1. The molecule has 0 radical (unpaired) electrons. The number of ether oxygens (including phenoxy) is 1. The summed E-state index contributed by atoms with van der Waals surface area (Å²) in [5, 5.41) is 2.72. The zero-order valence-electron chi connectivity index (χ0n) is 20.4. The van der Waals surface area contributed by atoms with Gasteiger partial charge in [0.15, 0.2) is 0 Å². The van der Waals surface area contributed by atoms with E-state index in [0.717, 1.165) is 28.2 Å². The van der Waals surface area contributed by atoms with Gasteiger partial charge in [-0.2, -0.15) is 0 Å². The lowest BCUT2D eigenvalue weighted by Crippen LogP contribution is -2.51. The van der Waals surface area contributed by atoms with Gasteiger partial charge in [0.2, 0.25) is 0 Å². The number of hydrogen-bond acceptors (Lipinski definition) is 3. The maximum absolute atomic E-state index is 12.1. The van der Waals surface area contributed by atoms with E-state index in [1.165, 1.54) is 32.1 Å². The van der Waals surface area contributed by atoms with Gasteiger partial charge in [0.05, 0.1) is 7.11 Å². The molecule has 4 unspecified atom stereocenters. The molecule has 0 spiro atoms. The van der Waals surface area contributed by atoms with E-state index in [2.05, 4.69) is 39.1 Å². The van der Waals surface area contributed by atoms with Gasteiger partial charge in [0.1, 0.15) is 5.75 Å². The molecule has 2 saturated carbocycles. The fourth-order valence-corrected chi connectivity index (χ4v) is 7.69. The lowest BCUT2D eigenvalue weighted by molar-refractivity contribution is -0.0850. The summed E-state index contributed by atoms with van der Waals surface area (Å²) < 4.78 is 5.44. The van der Waals surface area contributed by atoms with E-state index in [0.29, 0.717) is 22.3 Å². The summed E-state index contributed by atoms with van der Waals surface area (Å²) in [4.78, 5) is 13.3. The van der Waals surface area contributed by atoms with E-state index in [-0.39, 0.29) is 5.91 Å². The number of carbonyl (C=O) groups is 1. The summed E-state index contributed by atoms with van der Waals surface area (Å²) in [5.41, 5.74) is 1.55. The largest absolute Gasteiger partial charge is 0.497 e. The molecule has 30 heavy (non-hydrogen) atoms. The molecule has 1 aromatic rings. The van der Waals surface area contributed by atoms with Gasteiger partial charge >= 0.3 is 0 Å². The van der Waals surface area contributed by atoms with Gasteiger partial charge in [-0.05, 0) is 66.0 Å². The maximum Gasteiger partial charge on any atom is 0.251 e. The van der Waals surface area contributed by atoms with Crippen LogP contribution in [0, 0.1) is 28.6 Å². The second-order valence-corrected chi connectivity index (χ2v) is 10.9. The third-order valence-electron chi connectivity index (χ3n) is 7.76. The first-order valence-electron chi connectivity index (χ1n) is 11.7. The van der Waals surface area contributed by atoms with Crippen LogP contribution in [0.5, 0.6) is 5.75 Å². The molecule has 1 amide bonds. The normalized spacial score (nSPS) is 29.8. The number of benzene rings is 1. The molecule has 1 N–H and O–H groups in total. The minimum Gasteiger partial charge on any atom is -0.497 e. The first-order valence-corrected chi connectivity index (χ1v) is 12.7. The van der Waals surface area contributed by atoms with Crippen molar-refractivity contribution in [1.29, 1.82) is 0 Å². The molecule has 2 aliphatic carbocycles. The molecule has 4 atom stereocenters. The lowest BCUT2D eigenvalue weighted by atomic mass is 9.47. The number of hydrogen-bond donors (Lipinski definition) is 1. The van der Waals surface area contributed by atoms with Gasteiger partial charge in [-0.3, -0.25) is 4.79 Å². The summed E-state index contributed by atoms with van der Waals surface area (Å²) in [6.45, 7) is 14.0. The molecule has 0 aliphatic heterocycles. The molecule has 3 nitrogen and oxygen atoms in total. The second kappa shape index (κ2) is 10.4. The zero-order valence-corrected chi connectivity index (χ0v) is 21.2. The van der Waals surface area contributed by atoms with Crippen molar-refractivity contribution in [3.8, 4) is 5.75 Å². The minimum atomic E-state index is -0.0622. The predicted octanol–water partition coefficient (Wildman–Crippen LogP) is 7.05. The van der Waals surface area contributed by atoms with Crippen LogP contribution >= 0.6 is 11.8 Å². The second-order valence-electron chi connectivity index (χ2n) is 9.85. The fourth-order valence-electron chi connectivity index (χ4n) is 6.20. The Morgan fingerprint density at radius 1 is 1.17 bits per heavy atom. The van der Waals surface area contributed by atoms with Crippen LogP contribution in [0.3, 0.4) is 0 Å². The summed E-state index contributed by atoms with van der Waals surface area (Å²) in [6.07, 6.45) is 6.81. The smallest absolute Gasteiger partial charge is 0.251 e. The Balaban J connectivity index is 0.00000155. The third-order valence-corrected chi connectivity index (χ3v) is 8.85. The molecule has 3 rings (SSSR count). The number of rotatable bonds is 5. The molecule has 0 aromatic heterocycles. The Labute approximate surface area is 189 Å². The van der Waals surface area contributed by atoms with Crippen LogP contribution in [0.15, 0.2) is 23.1 Å². The highest BCUT2D eigenvalue weighted by Gasteiger charge is 2.53. The van der Waals surface area contributed by atoms with E-state index < -0.39 is 0 Å². The standard InChI is InChI=1S/C24H37NO2S.C2H6/c1-16-8-9-21-23(2,3)10-7-11-24(21,4)20(16)15-28-19-13-17(22(26)25-5)12-18(14-19)27-6;1-2/h12-14,16,20-21H,7-11,15H2,1-6H3,(H,25,26);1-2H3. The van der Waals surface area contributed by atoms with Gasteiger partial charge in [-0.15, -0.1) is 11.8 Å². The molecular formula is C26H43NO2S. The van der Waals surface area contributed by atoms with E-state index in [4.69, 9.17) is 4.74 Å². The average molecular weight is 434 g/mol. The van der Waals surface area contributed by atoms with Gasteiger partial charge in [-0.25, -0.2) is 0 Å². The van der Waals surface area contributed by atoms with Crippen molar-refractivity contribution in [1.82, 2.24) is 5.32 Å². The van der Waals surface area contributed by atoms with E-state index >= 15 is 0 Å². The molecular weight excluding hydrogens is 390 g/mol. The van der Waals surface area contributed by atoms with Crippen molar-refractivity contribution in [2.24, 2.45) is 28.6 Å². The van der Waals surface area contributed by atoms with Crippen molar-refractivity contribution in [3.05, 3.63) is 23.8 Å². The van der Waals surface area contributed by atoms with Crippen LogP contribution in [-0.4, -0.2) is 25.8 Å². The van der Waals surface area contributed by atoms with E-state index in [9.17, 15) is 4.79 Å². The molecule has 4 heteroatoms. The van der Waals surface area contributed by atoms with Crippen LogP contribution < -0.4 is 10.1 Å². The Morgan fingerprint density at radius 3 is 2.50 bits per heavy atom. The van der Waals surface area contributed by atoms with Crippen LogP contribution in [0.1, 0.15) is 84.0 Å². The lowest BCUT2D eigenvalue weighted by Gasteiger charge is -2.59. The van der Waals surface area contributed by atoms with Crippen LogP contribution in [0.4, 0.5) is 0 Å². The van der Waals surface area contributed by atoms with Crippen molar-refractivity contribution in [2.45, 2.75) is 78.5 Å². The monoisotopic (exact) mass is 433 g/mol. The van der Waals surface area contributed by atoms with Gasteiger partial charge in [0.25, 0.3) is 5.91 Å². The highest BCUT2D eigenvalue weighted by atomic mass is 32.2. The van der Waals surface area contributed by atoms with Crippen molar-refractivity contribution in [2.75, 3.05) is 19.9 Å². The molecule has 0 bridgehead atoms. The Morgan fingerprint density at radius 2 is 1.87 bits per heavy atom. The Kier molecular flexibility index (Phi) is 8.73. The first-order chi connectivity index (χ1) is 14.2. The van der Waals surface area contributed by atoms with Crippen molar-refractivity contribution >= 4 is 17.7 Å². The third kappa shape index (κ3) is 5.18. The van der Waals surface area contributed by atoms with Crippen LogP contribution in [0.25, 0.3) is 0 Å². The van der Waals surface area contributed by atoms with E-state index in [1.807, 2.05) is 37.7 Å². The SMILES string of the molecule is CC.CNC(=O)c1cc(OC)cc(SCC2C(C)CCC3C(C)(C)CCCC23C)c1. The number of amides is 1. The maximum atomic E-state index is 12.1. The van der Waals surface area contributed by atoms with Gasteiger partial charge < -0.3 is 10.1 Å². The number of fused-ring (bicyclic) bond motifs is 1. The first kappa shape index (κ1) is 25.1. The molecule has 0 saturated heterocycles. The van der Waals surface area contributed by atoms with Crippen molar-refractivity contribution in [3.63, 3.8) is 0 Å². The molecule has 2 aliphatic rings. The summed E-state index contributed by atoms with van der Waals surface area (Å²) in [5.74, 6) is 4.10. The Hall–Kier alpha value is -1.16. The summed E-state index contributed by atoms with van der Waals surface area (Å²) in [7, 11) is 3.33. The molecule has 0 heterocycles. The van der Waals surface area contributed by atoms with Crippen molar-refractivity contribution < 1.29 is 9.53 Å². The molecule has 1 aromatic carbocycles. The number of thioether (sulfide) groups is 1. The van der Waals surface area contributed by atoms with Gasteiger partial charge in [0, 0.05) is 23.3 Å². The topological polar surface area (TPSA) is 38.3 Å². The fraction of sp³-hybridized carbons (Fsp3) is 0.731. The van der Waals surface area contributed by atoms with E-state index in [1.54, 1.807) is 14.2 Å². The number of nitrogens with one attached hydrogen (secondary N) is 1. The van der Waals surface area contributed by atoms with Gasteiger partial charge in [-0.1, -0.05) is 54.4 Å². The molecule has 170 valence electrons. The van der Waals surface area contributed by atoms with Crippen LogP contribution in [-0.2, 0) is 0 Å². The predicted molar refractivity (Wildman–Crippen MR) is 130 cm³/mol. The summed E-state index contributed by atoms with van der Waals surface area (Å²) in [6, 6.07) is 5.88. The highest BCUT2D eigenvalue weighted by Crippen LogP contribution is 2.61. The quantitative estimate of drug-likeness (QED) is 0.505. The molecule has 2 fully saturated rings. The number of methoxy groups -OCH3 is 1. The highest BCUT2D eigenvalue weighted by molar-refractivity contribution is 7.99. The Bertz CT molecular complexity index is 717.